The highest BCUT2D eigenvalue weighted by atomic mass is 32.2. The van der Waals surface area contributed by atoms with Crippen LogP contribution in [0.25, 0.3) is 0 Å². The van der Waals surface area contributed by atoms with Crippen LogP contribution in [0.15, 0.2) is 76.6 Å². The van der Waals surface area contributed by atoms with Crippen molar-refractivity contribution >= 4 is 22.0 Å². The van der Waals surface area contributed by atoms with Crippen molar-refractivity contribution in [2.75, 3.05) is 0 Å². The van der Waals surface area contributed by atoms with Gasteiger partial charge < -0.3 is 4.18 Å². The molecule has 0 fully saturated rings. The molecule has 0 heterocycles. The molecule has 5 heteroatoms. The highest BCUT2D eigenvalue weighted by Crippen LogP contribution is 2.24. The SMILES string of the molecule is Cc1ccc(S(=O)(=O)Oc2ccccc2C=Nc2ccc(C)cc2C)cc1. The molecule has 0 N–H and O–H groups in total. The molecule has 0 bridgehead atoms. The number of nitrogens with zero attached hydrogens (tertiary/aromatic N) is 1. The molecular weight excluding hydrogens is 358 g/mol. The zero-order chi connectivity index (χ0) is 19.4. The van der Waals surface area contributed by atoms with Crippen LogP contribution in [0, 0.1) is 20.8 Å². The van der Waals surface area contributed by atoms with E-state index >= 15 is 0 Å². The fraction of sp³-hybridized carbons (Fsp3) is 0.136. The maximum Gasteiger partial charge on any atom is 0.339 e. The molecule has 138 valence electrons. The first kappa shape index (κ1) is 18.9. The Labute approximate surface area is 160 Å². The molecule has 0 atom stereocenters. The van der Waals surface area contributed by atoms with Gasteiger partial charge in [-0.2, -0.15) is 8.42 Å². The van der Waals surface area contributed by atoms with Crippen LogP contribution in [0.5, 0.6) is 5.75 Å². The zero-order valence-corrected chi connectivity index (χ0v) is 16.3. The average Bonchev–Trinajstić information content (AvgIpc) is 2.62. The van der Waals surface area contributed by atoms with Gasteiger partial charge in [-0.3, -0.25) is 4.99 Å². The summed E-state index contributed by atoms with van der Waals surface area (Å²) < 4.78 is 30.5. The molecular formula is C22H21NO3S. The standard InChI is InChI=1S/C22H21NO3S/c1-16-8-11-20(12-9-16)27(24,25)26-22-7-5-4-6-19(22)15-23-21-13-10-17(2)14-18(21)3/h4-15H,1-3H3. The third kappa shape index (κ3) is 4.63. The largest absolute Gasteiger partial charge is 0.378 e. The van der Waals surface area contributed by atoms with E-state index in [0.29, 0.717) is 5.56 Å². The van der Waals surface area contributed by atoms with E-state index in [9.17, 15) is 8.42 Å². The monoisotopic (exact) mass is 379 g/mol. The van der Waals surface area contributed by atoms with E-state index in [0.717, 1.165) is 16.8 Å². The molecule has 0 unspecified atom stereocenters. The Bertz CT molecular complexity index is 1080. The minimum absolute atomic E-state index is 0.120. The van der Waals surface area contributed by atoms with Crippen LogP contribution in [-0.4, -0.2) is 14.6 Å². The van der Waals surface area contributed by atoms with Gasteiger partial charge in [0.1, 0.15) is 4.90 Å². The predicted molar refractivity (Wildman–Crippen MR) is 109 cm³/mol. The van der Waals surface area contributed by atoms with E-state index in [-0.39, 0.29) is 10.6 Å². The molecule has 0 aliphatic rings. The molecule has 0 aliphatic heterocycles. The Kier molecular flexibility index (Phi) is 5.42. The summed E-state index contributed by atoms with van der Waals surface area (Å²) in [6.07, 6.45) is 1.62. The van der Waals surface area contributed by atoms with E-state index in [1.165, 1.54) is 17.7 Å². The smallest absolute Gasteiger partial charge is 0.339 e. The molecule has 3 rings (SSSR count). The number of rotatable bonds is 5. The van der Waals surface area contributed by atoms with Crippen molar-refractivity contribution < 1.29 is 12.6 Å². The summed E-state index contributed by atoms with van der Waals surface area (Å²) in [5.74, 6) is 0.242. The lowest BCUT2D eigenvalue weighted by Crippen LogP contribution is -2.10. The first-order chi connectivity index (χ1) is 12.8. The quantitative estimate of drug-likeness (QED) is 0.456. The first-order valence-electron chi connectivity index (χ1n) is 8.57. The summed E-state index contributed by atoms with van der Waals surface area (Å²) in [4.78, 5) is 4.61. The van der Waals surface area contributed by atoms with Crippen LogP contribution in [0.2, 0.25) is 0 Å². The van der Waals surface area contributed by atoms with Gasteiger partial charge in [0.15, 0.2) is 5.75 Å². The fourth-order valence-electron chi connectivity index (χ4n) is 2.62. The van der Waals surface area contributed by atoms with Crippen molar-refractivity contribution in [2.24, 2.45) is 4.99 Å². The van der Waals surface area contributed by atoms with Gasteiger partial charge in [-0.15, -0.1) is 0 Å². The lowest BCUT2D eigenvalue weighted by molar-refractivity contribution is 0.485. The summed E-state index contributed by atoms with van der Waals surface area (Å²) in [6.45, 7) is 5.92. The van der Waals surface area contributed by atoms with Gasteiger partial charge in [0.2, 0.25) is 0 Å². The molecule has 3 aromatic rings. The van der Waals surface area contributed by atoms with Crippen molar-refractivity contribution in [2.45, 2.75) is 25.7 Å². The maximum absolute atomic E-state index is 12.6. The Morgan fingerprint density at radius 3 is 2.22 bits per heavy atom. The molecule has 0 spiro atoms. The second kappa shape index (κ2) is 7.76. The van der Waals surface area contributed by atoms with Gasteiger partial charge in [-0.1, -0.05) is 47.5 Å². The first-order valence-corrected chi connectivity index (χ1v) is 9.97. The van der Waals surface area contributed by atoms with Crippen LogP contribution >= 0.6 is 0 Å². The summed E-state index contributed by atoms with van der Waals surface area (Å²) in [5.41, 5.74) is 4.62. The fourth-order valence-corrected chi connectivity index (χ4v) is 3.58. The molecule has 0 aromatic heterocycles. The van der Waals surface area contributed by atoms with Gasteiger partial charge in [0.25, 0.3) is 0 Å². The zero-order valence-electron chi connectivity index (χ0n) is 15.5. The Balaban J connectivity index is 1.90. The van der Waals surface area contributed by atoms with Crippen molar-refractivity contribution in [3.8, 4) is 5.75 Å². The minimum atomic E-state index is -3.91. The Morgan fingerprint density at radius 1 is 0.852 bits per heavy atom. The number of para-hydroxylation sites is 1. The van der Waals surface area contributed by atoms with Crippen molar-refractivity contribution in [1.29, 1.82) is 0 Å². The van der Waals surface area contributed by atoms with Gasteiger partial charge in [0.05, 0.1) is 5.69 Å². The highest BCUT2D eigenvalue weighted by molar-refractivity contribution is 7.87. The normalized spacial score (nSPS) is 11.7. The van der Waals surface area contributed by atoms with E-state index in [1.807, 2.05) is 39.0 Å². The van der Waals surface area contributed by atoms with Gasteiger partial charge >= 0.3 is 10.1 Å². The number of hydrogen-bond acceptors (Lipinski definition) is 4. The Hall–Kier alpha value is -2.92. The molecule has 3 aromatic carbocycles. The molecule has 0 amide bonds. The molecule has 0 aliphatic carbocycles. The van der Waals surface area contributed by atoms with Crippen LogP contribution in [-0.2, 0) is 10.1 Å². The van der Waals surface area contributed by atoms with Gasteiger partial charge in [-0.25, -0.2) is 0 Å². The van der Waals surface area contributed by atoms with Crippen molar-refractivity contribution in [3.05, 3.63) is 89.0 Å². The number of hydrogen-bond donors (Lipinski definition) is 0. The lowest BCUT2D eigenvalue weighted by atomic mass is 10.1. The van der Waals surface area contributed by atoms with Crippen LogP contribution < -0.4 is 4.18 Å². The number of benzene rings is 3. The van der Waals surface area contributed by atoms with Gasteiger partial charge in [0, 0.05) is 11.8 Å². The second-order valence-electron chi connectivity index (χ2n) is 6.44. The van der Waals surface area contributed by atoms with Crippen LogP contribution in [0.4, 0.5) is 5.69 Å². The van der Waals surface area contributed by atoms with E-state index in [1.54, 1.807) is 36.5 Å². The molecule has 0 saturated carbocycles. The summed E-state index contributed by atoms with van der Waals surface area (Å²) in [6, 6.07) is 19.5. The highest BCUT2D eigenvalue weighted by Gasteiger charge is 2.17. The van der Waals surface area contributed by atoms with Crippen LogP contribution in [0.1, 0.15) is 22.3 Å². The van der Waals surface area contributed by atoms with E-state index in [4.69, 9.17) is 4.18 Å². The molecule has 27 heavy (non-hydrogen) atoms. The molecule has 0 saturated heterocycles. The summed E-state index contributed by atoms with van der Waals surface area (Å²) in [5, 5.41) is 0. The summed E-state index contributed by atoms with van der Waals surface area (Å²) >= 11 is 0. The van der Waals surface area contributed by atoms with Gasteiger partial charge in [-0.05, 0) is 56.7 Å². The maximum atomic E-state index is 12.6. The Morgan fingerprint density at radius 2 is 1.52 bits per heavy atom. The third-order valence-electron chi connectivity index (χ3n) is 4.12. The summed E-state index contributed by atoms with van der Waals surface area (Å²) in [7, 11) is -3.91. The third-order valence-corrected chi connectivity index (χ3v) is 5.37. The van der Waals surface area contributed by atoms with Crippen LogP contribution in [0.3, 0.4) is 0 Å². The minimum Gasteiger partial charge on any atom is -0.378 e. The predicted octanol–water partition coefficient (Wildman–Crippen LogP) is 5.13. The molecule has 0 radical (unpaired) electrons. The van der Waals surface area contributed by atoms with Crippen molar-refractivity contribution in [3.63, 3.8) is 0 Å². The topological polar surface area (TPSA) is 55.7 Å². The van der Waals surface area contributed by atoms with E-state index < -0.39 is 10.1 Å². The number of aliphatic imine (C=N–C) groups is 1. The lowest BCUT2D eigenvalue weighted by Gasteiger charge is -2.09. The molecule has 4 nitrogen and oxygen atoms in total. The van der Waals surface area contributed by atoms with Crippen molar-refractivity contribution in [1.82, 2.24) is 0 Å². The second-order valence-corrected chi connectivity index (χ2v) is 7.98. The van der Waals surface area contributed by atoms with E-state index in [2.05, 4.69) is 11.1 Å². The number of aryl methyl sites for hydroxylation is 3. The average molecular weight is 379 g/mol.